The first-order valence-corrected chi connectivity index (χ1v) is 9.93. The van der Waals surface area contributed by atoms with E-state index in [-0.39, 0.29) is 17.7 Å². The zero-order valence-corrected chi connectivity index (χ0v) is 16.5. The van der Waals surface area contributed by atoms with E-state index in [0.29, 0.717) is 24.1 Å². The second-order valence-electron chi connectivity index (χ2n) is 8.01. The summed E-state index contributed by atoms with van der Waals surface area (Å²) < 4.78 is 58.9. The van der Waals surface area contributed by atoms with Gasteiger partial charge in [0.25, 0.3) is 6.43 Å². The number of hydrogen-bond donors (Lipinski definition) is 3. The zero-order chi connectivity index (χ0) is 22.2. The van der Waals surface area contributed by atoms with Gasteiger partial charge in [0.05, 0.1) is 12.1 Å². The third-order valence-electron chi connectivity index (χ3n) is 5.78. The van der Waals surface area contributed by atoms with Gasteiger partial charge < -0.3 is 20.5 Å². The maximum atomic E-state index is 13.7. The first-order valence-electron chi connectivity index (χ1n) is 9.93. The number of benzene rings is 2. The summed E-state index contributed by atoms with van der Waals surface area (Å²) in [7, 11) is 0. The molecular weight excluding hydrogens is 416 g/mol. The standard InChI is InChI=1S/C22H22F4N2O3/c23-10-22(11-24)9-18(15-5-4-13(20(25)26)7-19(15)31-22)28-21(30)27-17-3-1-2-12-6-14(29)8-16(12)17/h1-5,7,14,18,20,29H,6,8-11H2,(H2,27,28,30)/t14-,18-/m1/s1. The second-order valence-corrected chi connectivity index (χ2v) is 8.01. The molecule has 0 radical (unpaired) electrons. The Labute approximate surface area is 176 Å². The van der Waals surface area contributed by atoms with Gasteiger partial charge in [-0.15, -0.1) is 0 Å². The lowest BCUT2D eigenvalue weighted by Gasteiger charge is -2.39. The molecule has 0 spiro atoms. The van der Waals surface area contributed by atoms with Gasteiger partial charge >= 0.3 is 6.03 Å². The molecule has 2 amide bonds. The van der Waals surface area contributed by atoms with E-state index in [9.17, 15) is 27.5 Å². The van der Waals surface area contributed by atoms with Gasteiger partial charge in [0.1, 0.15) is 19.1 Å². The van der Waals surface area contributed by atoms with E-state index >= 15 is 0 Å². The van der Waals surface area contributed by atoms with Crippen molar-refractivity contribution in [3.8, 4) is 5.75 Å². The normalized spacial score (nSPS) is 21.2. The number of hydrogen-bond acceptors (Lipinski definition) is 3. The highest BCUT2D eigenvalue weighted by atomic mass is 19.3. The van der Waals surface area contributed by atoms with Crippen LogP contribution in [0.15, 0.2) is 36.4 Å². The molecular formula is C22H22F4N2O3. The molecule has 0 unspecified atom stereocenters. The fourth-order valence-electron chi connectivity index (χ4n) is 4.21. The van der Waals surface area contributed by atoms with Gasteiger partial charge in [0.15, 0.2) is 5.60 Å². The molecule has 2 atom stereocenters. The number of rotatable bonds is 5. The molecule has 3 N–H and O–H groups in total. The highest BCUT2D eigenvalue weighted by Crippen LogP contribution is 2.42. The van der Waals surface area contributed by atoms with Gasteiger partial charge in [-0.25, -0.2) is 22.4 Å². The van der Waals surface area contributed by atoms with Crippen LogP contribution in [0.5, 0.6) is 5.75 Å². The van der Waals surface area contributed by atoms with E-state index in [1.54, 1.807) is 12.1 Å². The molecule has 1 heterocycles. The van der Waals surface area contributed by atoms with E-state index in [2.05, 4.69) is 10.6 Å². The molecule has 0 bridgehead atoms. The lowest BCUT2D eigenvalue weighted by molar-refractivity contribution is -0.0108. The zero-order valence-electron chi connectivity index (χ0n) is 16.5. The minimum atomic E-state index is -2.77. The predicted octanol–water partition coefficient (Wildman–Crippen LogP) is 4.41. The third kappa shape index (κ3) is 4.19. The lowest BCUT2D eigenvalue weighted by Crippen LogP contribution is -2.49. The predicted molar refractivity (Wildman–Crippen MR) is 106 cm³/mol. The molecule has 0 aromatic heterocycles. The Balaban J connectivity index is 1.58. The molecule has 2 aromatic rings. The number of aliphatic hydroxyl groups excluding tert-OH is 1. The molecule has 0 fully saturated rings. The summed E-state index contributed by atoms with van der Waals surface area (Å²) in [5.41, 5.74) is 0.480. The number of nitrogens with one attached hydrogen (secondary N) is 2. The molecule has 9 heteroatoms. The SMILES string of the molecule is O=C(Nc1cccc2c1C[C@H](O)C2)N[C@@H]1CC(CF)(CF)Oc2cc(C(F)F)ccc21. The van der Waals surface area contributed by atoms with E-state index in [1.807, 2.05) is 6.07 Å². The number of ether oxygens (including phenoxy) is 1. The lowest BCUT2D eigenvalue weighted by atomic mass is 9.88. The van der Waals surface area contributed by atoms with Crippen molar-refractivity contribution in [2.24, 2.45) is 0 Å². The van der Waals surface area contributed by atoms with Crippen molar-refractivity contribution in [2.75, 3.05) is 18.7 Å². The molecule has 2 aliphatic rings. The summed E-state index contributed by atoms with van der Waals surface area (Å²) in [6.45, 7) is -2.35. The van der Waals surface area contributed by atoms with Crippen molar-refractivity contribution in [1.29, 1.82) is 0 Å². The number of anilines is 1. The molecule has 2 aromatic carbocycles. The number of halogens is 4. The first-order chi connectivity index (χ1) is 14.8. The Morgan fingerprint density at radius 1 is 1.19 bits per heavy atom. The van der Waals surface area contributed by atoms with Crippen molar-refractivity contribution < 1.29 is 32.2 Å². The van der Waals surface area contributed by atoms with Gasteiger partial charge in [-0.3, -0.25) is 0 Å². The number of carbonyl (C=O) groups is 1. The number of amides is 2. The first kappa shape index (κ1) is 21.4. The Kier molecular flexibility index (Phi) is 5.79. The maximum absolute atomic E-state index is 13.7. The number of carbonyl (C=O) groups excluding carboxylic acids is 1. The van der Waals surface area contributed by atoms with E-state index < -0.39 is 43.6 Å². The average Bonchev–Trinajstić information content (AvgIpc) is 3.14. The van der Waals surface area contributed by atoms with Crippen LogP contribution in [0.2, 0.25) is 0 Å². The average molecular weight is 438 g/mol. The Morgan fingerprint density at radius 3 is 2.68 bits per heavy atom. The molecule has 0 saturated heterocycles. The van der Waals surface area contributed by atoms with Crippen LogP contribution in [0.25, 0.3) is 0 Å². The van der Waals surface area contributed by atoms with Crippen LogP contribution in [-0.4, -0.2) is 36.2 Å². The van der Waals surface area contributed by atoms with Crippen molar-refractivity contribution in [3.63, 3.8) is 0 Å². The van der Waals surface area contributed by atoms with Crippen LogP contribution in [0.1, 0.15) is 41.1 Å². The summed E-state index contributed by atoms with van der Waals surface area (Å²) in [4.78, 5) is 12.7. The number of aliphatic hydroxyl groups is 1. The number of fused-ring (bicyclic) bond motifs is 2. The topological polar surface area (TPSA) is 70.6 Å². The van der Waals surface area contributed by atoms with Crippen molar-refractivity contribution in [1.82, 2.24) is 5.32 Å². The number of urea groups is 1. The molecule has 166 valence electrons. The van der Waals surface area contributed by atoms with Gasteiger partial charge in [-0.2, -0.15) is 0 Å². The Bertz CT molecular complexity index is 981. The monoisotopic (exact) mass is 438 g/mol. The van der Waals surface area contributed by atoms with Gasteiger partial charge in [0, 0.05) is 29.7 Å². The fraction of sp³-hybridized carbons (Fsp3) is 0.409. The third-order valence-corrected chi connectivity index (χ3v) is 5.78. The maximum Gasteiger partial charge on any atom is 0.319 e. The van der Waals surface area contributed by atoms with Crippen molar-refractivity contribution in [3.05, 3.63) is 58.7 Å². The van der Waals surface area contributed by atoms with E-state index in [1.165, 1.54) is 12.1 Å². The Hall–Kier alpha value is -2.81. The van der Waals surface area contributed by atoms with Crippen molar-refractivity contribution in [2.45, 2.75) is 43.4 Å². The minimum absolute atomic E-state index is 0.0756. The molecule has 5 nitrogen and oxygen atoms in total. The quantitative estimate of drug-likeness (QED) is 0.606. The molecule has 0 saturated carbocycles. The summed E-state index contributed by atoms with van der Waals surface area (Å²) in [5, 5.41) is 15.3. The second kappa shape index (κ2) is 8.37. The van der Waals surface area contributed by atoms with E-state index in [4.69, 9.17) is 4.74 Å². The van der Waals surface area contributed by atoms with Crippen LogP contribution >= 0.6 is 0 Å². The minimum Gasteiger partial charge on any atom is -0.481 e. The highest BCUT2D eigenvalue weighted by Gasteiger charge is 2.42. The highest BCUT2D eigenvalue weighted by molar-refractivity contribution is 5.91. The van der Waals surface area contributed by atoms with Crippen LogP contribution in [0, 0.1) is 0 Å². The Morgan fingerprint density at radius 2 is 1.97 bits per heavy atom. The van der Waals surface area contributed by atoms with Crippen LogP contribution in [-0.2, 0) is 12.8 Å². The smallest absolute Gasteiger partial charge is 0.319 e. The van der Waals surface area contributed by atoms with Crippen LogP contribution in [0.3, 0.4) is 0 Å². The fourth-order valence-corrected chi connectivity index (χ4v) is 4.21. The van der Waals surface area contributed by atoms with Crippen molar-refractivity contribution >= 4 is 11.7 Å². The number of alkyl halides is 4. The summed E-state index contributed by atoms with van der Waals surface area (Å²) in [6, 6.07) is 7.51. The summed E-state index contributed by atoms with van der Waals surface area (Å²) in [6.07, 6.45) is -2.56. The van der Waals surface area contributed by atoms with E-state index in [0.717, 1.165) is 17.2 Å². The van der Waals surface area contributed by atoms with Crippen LogP contribution in [0.4, 0.5) is 28.0 Å². The molecule has 1 aliphatic heterocycles. The van der Waals surface area contributed by atoms with Gasteiger partial charge in [-0.05, 0) is 29.7 Å². The molecule has 4 rings (SSSR count). The van der Waals surface area contributed by atoms with Gasteiger partial charge in [-0.1, -0.05) is 24.3 Å². The molecule has 31 heavy (non-hydrogen) atoms. The van der Waals surface area contributed by atoms with Crippen LogP contribution < -0.4 is 15.4 Å². The summed E-state index contributed by atoms with van der Waals surface area (Å²) >= 11 is 0. The largest absolute Gasteiger partial charge is 0.481 e. The summed E-state index contributed by atoms with van der Waals surface area (Å²) in [5.74, 6) is -0.0756. The molecule has 1 aliphatic carbocycles. The van der Waals surface area contributed by atoms with Gasteiger partial charge in [0.2, 0.25) is 0 Å².